The monoisotopic (exact) mass is 388 g/mol. The molecule has 0 bridgehead atoms. The van der Waals surface area contributed by atoms with Crippen LogP contribution in [0.1, 0.15) is 65.0 Å². The van der Waals surface area contributed by atoms with Crippen molar-refractivity contribution in [3.05, 3.63) is 35.9 Å². The fourth-order valence-electron chi connectivity index (χ4n) is 3.69. The number of carbonyl (C=O) groups is 3. The Morgan fingerprint density at radius 1 is 1.07 bits per heavy atom. The highest BCUT2D eigenvalue weighted by Gasteiger charge is 2.35. The fourth-order valence-corrected chi connectivity index (χ4v) is 3.69. The number of urea groups is 1. The molecule has 0 radical (unpaired) electrons. The zero-order valence-electron chi connectivity index (χ0n) is 17.3. The highest BCUT2D eigenvalue weighted by atomic mass is 16.5. The lowest BCUT2D eigenvalue weighted by molar-refractivity contribution is -0.161. The number of imide groups is 1. The molecule has 6 nitrogen and oxygen atoms in total. The molecule has 1 aromatic carbocycles. The maximum atomic E-state index is 12.8. The van der Waals surface area contributed by atoms with Gasteiger partial charge in [-0.25, -0.2) is 4.79 Å². The predicted octanol–water partition coefficient (Wildman–Crippen LogP) is 3.97. The SMILES string of the molecule is CCNC(=O)NC(=O)[C@@H](OC(=O)C1CCC(C(C)(C)C)CC1)c1ccccc1. The summed E-state index contributed by atoms with van der Waals surface area (Å²) in [6.07, 6.45) is 2.34. The van der Waals surface area contributed by atoms with Gasteiger partial charge in [-0.15, -0.1) is 0 Å². The minimum Gasteiger partial charge on any atom is -0.447 e. The summed E-state index contributed by atoms with van der Waals surface area (Å²) in [5.74, 6) is -0.634. The van der Waals surface area contributed by atoms with E-state index in [1.54, 1.807) is 31.2 Å². The van der Waals surface area contributed by atoms with Crippen molar-refractivity contribution in [1.82, 2.24) is 10.6 Å². The summed E-state index contributed by atoms with van der Waals surface area (Å²) in [6.45, 7) is 8.84. The standard InChI is InChI=1S/C22H32N2O4/c1-5-23-21(27)24-19(25)18(15-9-7-6-8-10-15)28-20(26)16-11-13-17(14-12-16)22(2,3)4/h6-10,16-18H,5,11-14H2,1-4H3,(H2,23,24,25,27)/t16?,17?,18-/m0/s1. The van der Waals surface area contributed by atoms with E-state index in [4.69, 9.17) is 4.74 Å². The Labute approximate surface area is 167 Å². The number of benzene rings is 1. The molecular weight excluding hydrogens is 356 g/mol. The molecule has 1 aliphatic rings. The number of hydrogen-bond donors (Lipinski definition) is 2. The van der Waals surface area contributed by atoms with Gasteiger partial charge in [0.25, 0.3) is 5.91 Å². The highest BCUT2D eigenvalue weighted by Crippen LogP contribution is 2.40. The molecule has 0 spiro atoms. The summed E-state index contributed by atoms with van der Waals surface area (Å²) < 4.78 is 5.61. The van der Waals surface area contributed by atoms with E-state index in [0.29, 0.717) is 18.0 Å². The smallest absolute Gasteiger partial charge is 0.321 e. The van der Waals surface area contributed by atoms with Crippen LogP contribution in [0.4, 0.5) is 4.79 Å². The third-order valence-electron chi connectivity index (χ3n) is 5.43. The van der Waals surface area contributed by atoms with E-state index < -0.39 is 18.0 Å². The lowest BCUT2D eigenvalue weighted by atomic mass is 9.70. The van der Waals surface area contributed by atoms with Gasteiger partial charge in [0.05, 0.1) is 5.92 Å². The third kappa shape index (κ3) is 6.08. The average Bonchev–Trinajstić information content (AvgIpc) is 2.66. The maximum Gasteiger partial charge on any atom is 0.321 e. The molecule has 2 rings (SSSR count). The van der Waals surface area contributed by atoms with Crippen molar-refractivity contribution in [2.75, 3.05) is 6.54 Å². The van der Waals surface area contributed by atoms with Gasteiger partial charge in [0, 0.05) is 12.1 Å². The molecule has 154 valence electrons. The number of rotatable bonds is 5. The minimum atomic E-state index is -1.14. The van der Waals surface area contributed by atoms with Crippen molar-refractivity contribution in [3.63, 3.8) is 0 Å². The Kier molecular flexibility index (Phi) is 7.61. The summed E-state index contributed by atoms with van der Waals surface area (Å²) in [6, 6.07) is 8.18. The first-order valence-electron chi connectivity index (χ1n) is 10.1. The zero-order chi connectivity index (χ0) is 20.7. The number of carbonyl (C=O) groups excluding carboxylic acids is 3. The summed E-state index contributed by atoms with van der Waals surface area (Å²) in [4.78, 5) is 37.1. The topological polar surface area (TPSA) is 84.5 Å². The van der Waals surface area contributed by atoms with Gasteiger partial charge in [-0.05, 0) is 43.9 Å². The molecule has 1 saturated carbocycles. The largest absolute Gasteiger partial charge is 0.447 e. The van der Waals surface area contributed by atoms with Gasteiger partial charge in [-0.1, -0.05) is 51.1 Å². The molecule has 28 heavy (non-hydrogen) atoms. The molecule has 0 aliphatic heterocycles. The van der Waals surface area contributed by atoms with Gasteiger partial charge < -0.3 is 10.1 Å². The Balaban J connectivity index is 2.05. The average molecular weight is 389 g/mol. The van der Waals surface area contributed by atoms with E-state index in [1.165, 1.54) is 0 Å². The molecule has 0 unspecified atom stereocenters. The van der Waals surface area contributed by atoms with Crippen LogP contribution < -0.4 is 10.6 Å². The van der Waals surface area contributed by atoms with E-state index >= 15 is 0 Å². The molecular formula is C22H32N2O4. The van der Waals surface area contributed by atoms with Gasteiger partial charge in [0.1, 0.15) is 0 Å². The van der Waals surface area contributed by atoms with Crippen LogP contribution in [0, 0.1) is 17.3 Å². The molecule has 0 saturated heterocycles. The molecule has 1 fully saturated rings. The molecule has 1 aliphatic carbocycles. The fraction of sp³-hybridized carbons (Fsp3) is 0.591. The summed E-state index contributed by atoms with van der Waals surface area (Å²) in [5.41, 5.74) is 0.773. The molecule has 1 aromatic rings. The normalized spacial score (nSPS) is 20.7. The van der Waals surface area contributed by atoms with Crippen LogP contribution in [0.25, 0.3) is 0 Å². The maximum absolute atomic E-state index is 12.8. The molecule has 1 atom stereocenters. The van der Waals surface area contributed by atoms with Crippen LogP contribution >= 0.6 is 0 Å². The minimum absolute atomic E-state index is 0.206. The Bertz CT molecular complexity index is 674. The Morgan fingerprint density at radius 3 is 2.21 bits per heavy atom. The van der Waals surface area contributed by atoms with Gasteiger partial charge in [-0.2, -0.15) is 0 Å². The van der Waals surface area contributed by atoms with Crippen LogP contribution in [0.3, 0.4) is 0 Å². The van der Waals surface area contributed by atoms with Gasteiger partial charge >= 0.3 is 12.0 Å². The number of esters is 1. The Morgan fingerprint density at radius 2 is 1.68 bits per heavy atom. The lowest BCUT2D eigenvalue weighted by Gasteiger charge is -2.36. The number of hydrogen-bond acceptors (Lipinski definition) is 4. The summed E-state index contributed by atoms with van der Waals surface area (Å²) >= 11 is 0. The second kappa shape index (κ2) is 9.71. The summed E-state index contributed by atoms with van der Waals surface area (Å²) in [5, 5.41) is 4.76. The van der Waals surface area contributed by atoms with E-state index in [1.807, 2.05) is 6.07 Å². The molecule has 2 N–H and O–H groups in total. The second-order valence-electron chi connectivity index (χ2n) is 8.49. The molecule has 6 heteroatoms. The second-order valence-corrected chi connectivity index (χ2v) is 8.49. The van der Waals surface area contributed by atoms with Crippen LogP contribution in [0.2, 0.25) is 0 Å². The van der Waals surface area contributed by atoms with Crippen molar-refractivity contribution in [2.45, 2.75) is 59.5 Å². The number of amides is 3. The van der Waals surface area contributed by atoms with Crippen LogP contribution in [-0.2, 0) is 14.3 Å². The van der Waals surface area contributed by atoms with Crippen molar-refractivity contribution in [3.8, 4) is 0 Å². The lowest BCUT2D eigenvalue weighted by Crippen LogP contribution is -2.43. The molecule has 0 heterocycles. The molecule has 0 aromatic heterocycles. The zero-order valence-corrected chi connectivity index (χ0v) is 17.3. The van der Waals surface area contributed by atoms with Crippen molar-refractivity contribution < 1.29 is 19.1 Å². The summed E-state index contributed by atoms with van der Waals surface area (Å²) in [7, 11) is 0. The van der Waals surface area contributed by atoms with Crippen LogP contribution in [0.5, 0.6) is 0 Å². The first kappa shape index (κ1) is 21.9. The van der Waals surface area contributed by atoms with Gasteiger partial charge in [0.2, 0.25) is 6.10 Å². The van der Waals surface area contributed by atoms with E-state index in [0.717, 1.165) is 25.7 Å². The third-order valence-corrected chi connectivity index (χ3v) is 5.43. The first-order chi connectivity index (χ1) is 13.2. The van der Waals surface area contributed by atoms with E-state index in [2.05, 4.69) is 31.4 Å². The van der Waals surface area contributed by atoms with Gasteiger partial charge in [-0.3, -0.25) is 14.9 Å². The first-order valence-corrected chi connectivity index (χ1v) is 10.1. The van der Waals surface area contributed by atoms with Crippen LogP contribution in [-0.4, -0.2) is 24.5 Å². The van der Waals surface area contributed by atoms with E-state index in [9.17, 15) is 14.4 Å². The van der Waals surface area contributed by atoms with Crippen molar-refractivity contribution in [2.24, 2.45) is 17.3 Å². The number of ether oxygens (including phenoxy) is 1. The van der Waals surface area contributed by atoms with Gasteiger partial charge in [0.15, 0.2) is 0 Å². The Hall–Kier alpha value is -2.37. The molecule has 3 amide bonds. The predicted molar refractivity (Wildman–Crippen MR) is 107 cm³/mol. The van der Waals surface area contributed by atoms with E-state index in [-0.39, 0.29) is 17.3 Å². The quantitative estimate of drug-likeness (QED) is 0.748. The highest BCUT2D eigenvalue weighted by molar-refractivity contribution is 5.97. The van der Waals surface area contributed by atoms with Crippen molar-refractivity contribution >= 4 is 17.9 Å². The van der Waals surface area contributed by atoms with Crippen molar-refractivity contribution in [1.29, 1.82) is 0 Å². The number of nitrogens with one attached hydrogen (secondary N) is 2. The van der Waals surface area contributed by atoms with Crippen LogP contribution in [0.15, 0.2) is 30.3 Å².